The van der Waals surface area contributed by atoms with Gasteiger partial charge in [0, 0.05) is 15.6 Å². The second-order valence-corrected chi connectivity index (χ2v) is 11.2. The predicted octanol–water partition coefficient (Wildman–Crippen LogP) is 8.06. The number of rotatable bonds is 9. The van der Waals surface area contributed by atoms with E-state index in [9.17, 15) is 14.4 Å². The number of hydrogen-bond donors (Lipinski definition) is 1. The maximum absolute atomic E-state index is 13.0. The first-order valence-corrected chi connectivity index (χ1v) is 14.2. The Balaban J connectivity index is 1.50. The Hall–Kier alpha value is -2.69. The highest BCUT2D eigenvalue weighted by Crippen LogP contribution is 2.40. The molecule has 0 aromatic heterocycles. The van der Waals surface area contributed by atoms with Crippen LogP contribution in [0.15, 0.2) is 64.0 Å². The van der Waals surface area contributed by atoms with Gasteiger partial charge in [0.2, 0.25) is 5.91 Å². The molecule has 1 heterocycles. The van der Waals surface area contributed by atoms with E-state index in [2.05, 4.69) is 21.2 Å². The van der Waals surface area contributed by atoms with Crippen molar-refractivity contribution in [3.8, 4) is 11.5 Å². The fraction of sp³-hybridized carbons (Fsp3) is 0.148. The van der Waals surface area contributed by atoms with E-state index >= 15 is 0 Å². The molecule has 3 amide bonds. The average Bonchev–Trinajstić information content (AvgIpc) is 3.13. The molecule has 0 aliphatic carbocycles. The maximum atomic E-state index is 13.0. The number of ether oxygens (including phenoxy) is 2. The quantitative estimate of drug-likeness (QED) is 0.232. The van der Waals surface area contributed by atoms with E-state index in [1.165, 1.54) is 0 Å². The first kappa shape index (κ1) is 29.3. The molecule has 0 spiro atoms. The molecule has 0 radical (unpaired) electrons. The van der Waals surface area contributed by atoms with Gasteiger partial charge in [-0.15, -0.1) is 0 Å². The van der Waals surface area contributed by atoms with Crippen LogP contribution in [0.4, 0.5) is 10.5 Å². The Kier molecular flexibility index (Phi) is 9.85. The summed E-state index contributed by atoms with van der Waals surface area (Å²) in [5.74, 6) is -0.243. The van der Waals surface area contributed by atoms with Crippen molar-refractivity contribution in [2.24, 2.45) is 0 Å². The number of benzene rings is 3. The van der Waals surface area contributed by atoms with Crippen molar-refractivity contribution in [2.75, 3.05) is 18.5 Å². The third kappa shape index (κ3) is 7.29. The zero-order valence-corrected chi connectivity index (χ0v) is 25.0. The van der Waals surface area contributed by atoms with E-state index < -0.39 is 23.6 Å². The molecular formula is C27H20BrCl3N2O5S. The number of carbonyl (C=O) groups is 3. The Morgan fingerprint density at radius 1 is 1.05 bits per heavy atom. The lowest BCUT2D eigenvalue weighted by atomic mass is 10.1. The van der Waals surface area contributed by atoms with E-state index in [0.29, 0.717) is 48.9 Å². The lowest BCUT2D eigenvalue weighted by Gasteiger charge is -2.15. The normalized spacial score (nSPS) is 14.2. The molecule has 202 valence electrons. The van der Waals surface area contributed by atoms with Crippen molar-refractivity contribution in [3.05, 3.63) is 90.2 Å². The highest BCUT2D eigenvalue weighted by atomic mass is 79.9. The van der Waals surface area contributed by atoms with Crippen LogP contribution in [0.1, 0.15) is 18.1 Å². The molecule has 39 heavy (non-hydrogen) atoms. The minimum absolute atomic E-state index is 0.168. The molecule has 3 aromatic carbocycles. The summed E-state index contributed by atoms with van der Waals surface area (Å²) < 4.78 is 12.3. The number of hydrogen-bond acceptors (Lipinski definition) is 6. The molecule has 1 N–H and O–H groups in total. The third-order valence-corrected chi connectivity index (χ3v) is 7.75. The van der Waals surface area contributed by atoms with Gasteiger partial charge in [0.25, 0.3) is 11.1 Å². The molecule has 1 saturated heterocycles. The van der Waals surface area contributed by atoms with E-state index in [1.807, 2.05) is 6.92 Å². The first-order valence-electron chi connectivity index (χ1n) is 11.5. The minimum Gasteiger partial charge on any atom is -0.490 e. The van der Waals surface area contributed by atoms with Crippen LogP contribution in [-0.2, 0) is 16.2 Å². The van der Waals surface area contributed by atoms with Crippen molar-refractivity contribution in [3.63, 3.8) is 0 Å². The molecular weight excluding hydrogens is 651 g/mol. The summed E-state index contributed by atoms with van der Waals surface area (Å²) in [6.07, 6.45) is 1.56. The SMILES string of the molecule is CCOc1cc(/C=C2/SC(=O)N(CC(=O)Nc3ccccc3Cl)C2=O)cc(Br)c1OCc1ccc(Cl)cc1Cl. The summed E-state index contributed by atoms with van der Waals surface area (Å²) in [7, 11) is 0. The topological polar surface area (TPSA) is 84.9 Å². The van der Waals surface area contributed by atoms with Gasteiger partial charge in [-0.05, 0) is 82.7 Å². The zero-order chi connectivity index (χ0) is 28.1. The summed E-state index contributed by atoms with van der Waals surface area (Å²) in [5.41, 5.74) is 1.72. The van der Waals surface area contributed by atoms with E-state index in [4.69, 9.17) is 44.3 Å². The number of thioether (sulfide) groups is 1. The molecule has 3 aromatic rings. The molecule has 0 unspecified atom stereocenters. The van der Waals surface area contributed by atoms with Crippen molar-refractivity contribution in [2.45, 2.75) is 13.5 Å². The molecule has 7 nitrogen and oxygen atoms in total. The predicted molar refractivity (Wildman–Crippen MR) is 159 cm³/mol. The summed E-state index contributed by atoms with van der Waals surface area (Å²) in [6.45, 7) is 1.93. The van der Waals surface area contributed by atoms with Crippen LogP contribution in [0.5, 0.6) is 11.5 Å². The second-order valence-electron chi connectivity index (χ2n) is 8.08. The van der Waals surface area contributed by atoms with Gasteiger partial charge in [0.15, 0.2) is 11.5 Å². The molecule has 4 rings (SSSR count). The van der Waals surface area contributed by atoms with Gasteiger partial charge in [-0.1, -0.05) is 53.0 Å². The summed E-state index contributed by atoms with van der Waals surface area (Å²) >= 11 is 22.6. The van der Waals surface area contributed by atoms with Crippen molar-refractivity contribution >= 4 is 91.3 Å². The molecule has 0 bridgehead atoms. The van der Waals surface area contributed by atoms with Crippen LogP contribution in [-0.4, -0.2) is 35.1 Å². The van der Waals surface area contributed by atoms with Crippen LogP contribution >= 0.6 is 62.5 Å². The van der Waals surface area contributed by atoms with Gasteiger partial charge in [-0.2, -0.15) is 0 Å². The standard InChI is InChI=1S/C27H20BrCl3N2O5S/c1-2-37-22-10-15(9-18(28)25(22)38-14-16-7-8-17(29)12-20(16)31)11-23-26(35)33(27(36)39-23)13-24(34)32-21-6-4-3-5-19(21)30/h3-12H,2,13-14H2,1H3,(H,32,34)/b23-11+. The van der Waals surface area contributed by atoms with Crippen LogP contribution in [0.25, 0.3) is 6.08 Å². The van der Waals surface area contributed by atoms with Gasteiger partial charge >= 0.3 is 0 Å². The zero-order valence-electron chi connectivity index (χ0n) is 20.3. The van der Waals surface area contributed by atoms with Crippen molar-refractivity contribution in [1.29, 1.82) is 0 Å². The lowest BCUT2D eigenvalue weighted by molar-refractivity contribution is -0.127. The molecule has 12 heteroatoms. The van der Waals surface area contributed by atoms with E-state index in [0.717, 1.165) is 22.2 Å². The Labute approximate surface area is 252 Å². The van der Waals surface area contributed by atoms with Gasteiger partial charge in [-0.3, -0.25) is 19.3 Å². The largest absolute Gasteiger partial charge is 0.490 e. The number of anilines is 1. The Morgan fingerprint density at radius 3 is 2.54 bits per heavy atom. The number of nitrogens with zero attached hydrogens (tertiary/aromatic N) is 1. The number of imide groups is 1. The summed E-state index contributed by atoms with van der Waals surface area (Å²) in [5, 5.41) is 3.41. The number of nitrogens with one attached hydrogen (secondary N) is 1. The maximum Gasteiger partial charge on any atom is 0.294 e. The summed E-state index contributed by atoms with van der Waals surface area (Å²) in [4.78, 5) is 39.1. The van der Waals surface area contributed by atoms with Crippen molar-refractivity contribution in [1.82, 2.24) is 4.90 Å². The molecule has 0 atom stereocenters. The Bertz CT molecular complexity index is 1480. The summed E-state index contributed by atoms with van der Waals surface area (Å²) in [6, 6.07) is 15.3. The smallest absolute Gasteiger partial charge is 0.294 e. The van der Waals surface area contributed by atoms with Gasteiger partial charge in [0.1, 0.15) is 13.2 Å². The number of para-hydroxylation sites is 1. The average molecular weight is 671 g/mol. The minimum atomic E-state index is -0.578. The number of halogens is 4. The molecule has 0 saturated carbocycles. The van der Waals surface area contributed by atoms with E-state index in [-0.39, 0.29) is 11.5 Å². The number of amides is 3. The Morgan fingerprint density at radius 2 is 1.82 bits per heavy atom. The molecule has 1 aliphatic rings. The second kappa shape index (κ2) is 13.1. The monoisotopic (exact) mass is 668 g/mol. The molecule has 1 fully saturated rings. The van der Waals surface area contributed by atoms with Gasteiger partial charge in [-0.25, -0.2) is 0 Å². The van der Waals surface area contributed by atoms with Crippen LogP contribution in [0.2, 0.25) is 15.1 Å². The fourth-order valence-electron chi connectivity index (χ4n) is 3.55. The van der Waals surface area contributed by atoms with Crippen LogP contribution in [0, 0.1) is 0 Å². The fourth-order valence-corrected chi connectivity index (χ4v) is 5.61. The molecule has 1 aliphatic heterocycles. The van der Waals surface area contributed by atoms with Crippen LogP contribution < -0.4 is 14.8 Å². The van der Waals surface area contributed by atoms with Crippen LogP contribution in [0.3, 0.4) is 0 Å². The van der Waals surface area contributed by atoms with Gasteiger partial charge in [0.05, 0.1) is 26.7 Å². The third-order valence-electron chi connectivity index (χ3n) is 5.34. The highest BCUT2D eigenvalue weighted by molar-refractivity contribution is 9.10. The van der Waals surface area contributed by atoms with E-state index in [1.54, 1.807) is 60.7 Å². The highest BCUT2D eigenvalue weighted by Gasteiger charge is 2.36. The number of carbonyl (C=O) groups excluding carboxylic acids is 3. The van der Waals surface area contributed by atoms with Crippen molar-refractivity contribution < 1.29 is 23.9 Å². The van der Waals surface area contributed by atoms with Gasteiger partial charge < -0.3 is 14.8 Å². The lowest BCUT2D eigenvalue weighted by Crippen LogP contribution is -2.36. The first-order chi connectivity index (χ1) is 18.7.